The fourth-order valence-corrected chi connectivity index (χ4v) is 5.39. The Kier molecular flexibility index (Phi) is 7.46. The largest absolute Gasteiger partial charge is 0.399 e. The zero-order valence-electron chi connectivity index (χ0n) is 22.5. The van der Waals surface area contributed by atoms with Crippen molar-refractivity contribution in [3.05, 3.63) is 148 Å². The van der Waals surface area contributed by atoms with Crippen LogP contribution in [0, 0.1) is 5.92 Å². The number of anilines is 2. The highest BCUT2D eigenvalue weighted by Gasteiger charge is 2.48. The number of hydrogen-bond donors (Lipinski definition) is 5. The molecule has 0 saturated heterocycles. The van der Waals surface area contributed by atoms with Crippen molar-refractivity contribution in [2.75, 3.05) is 11.5 Å². The molecule has 0 aliphatic heterocycles. The quantitative estimate of drug-likeness (QED) is 0.213. The fraction of sp³-hybridized carbons (Fsp3) is 0.118. The third-order valence-electron chi connectivity index (χ3n) is 7.54. The van der Waals surface area contributed by atoms with E-state index in [4.69, 9.17) is 22.9 Å². The molecule has 0 aromatic heterocycles. The number of primary amides is 2. The van der Waals surface area contributed by atoms with Gasteiger partial charge in [-0.1, -0.05) is 84.9 Å². The summed E-state index contributed by atoms with van der Waals surface area (Å²) in [5.74, 6) is -2.57. The van der Waals surface area contributed by atoms with Crippen LogP contribution in [0.25, 0.3) is 5.57 Å². The lowest BCUT2D eigenvalue weighted by molar-refractivity contribution is -0.126. The Morgan fingerprint density at radius 1 is 0.659 bits per heavy atom. The molecule has 0 radical (unpaired) electrons. The first-order valence-electron chi connectivity index (χ1n) is 13.3. The summed E-state index contributed by atoms with van der Waals surface area (Å²) in [4.78, 5) is 25.3. The van der Waals surface area contributed by atoms with Crippen LogP contribution in [0.3, 0.4) is 0 Å². The number of nitrogen functional groups attached to an aromatic ring is 2. The predicted molar refractivity (Wildman–Crippen MR) is 162 cm³/mol. The Morgan fingerprint density at radius 2 is 1.07 bits per heavy atom. The van der Waals surface area contributed by atoms with Crippen molar-refractivity contribution in [1.29, 1.82) is 0 Å². The molecule has 0 spiro atoms. The van der Waals surface area contributed by atoms with Crippen molar-refractivity contribution < 1.29 is 14.7 Å². The molecule has 7 nitrogen and oxygen atoms in total. The number of carbonyl (C=O) groups is 2. The first-order chi connectivity index (χ1) is 19.6. The fourth-order valence-electron chi connectivity index (χ4n) is 5.39. The van der Waals surface area contributed by atoms with E-state index in [1.807, 2.05) is 84.9 Å². The summed E-state index contributed by atoms with van der Waals surface area (Å²) in [6, 6.07) is 30.0. The molecule has 5 rings (SSSR count). The minimum atomic E-state index is -1.93. The van der Waals surface area contributed by atoms with E-state index in [0.29, 0.717) is 35.3 Å². The van der Waals surface area contributed by atoms with Crippen LogP contribution in [-0.4, -0.2) is 16.9 Å². The molecule has 1 aliphatic rings. The van der Waals surface area contributed by atoms with E-state index in [2.05, 4.69) is 0 Å². The molecule has 9 N–H and O–H groups in total. The SMILES string of the molecule is NC(=O)C1=C(c2ccc(Cc3ccc(N)cc3)cc2)C(O)(c2ccc(Cc3ccc(N)cc3)cc2)C(C(N)=O)C=C1. The summed E-state index contributed by atoms with van der Waals surface area (Å²) in [7, 11) is 0. The van der Waals surface area contributed by atoms with Gasteiger partial charge in [-0.2, -0.15) is 0 Å². The number of hydrogen-bond acceptors (Lipinski definition) is 5. The predicted octanol–water partition coefficient (Wildman–Crippen LogP) is 3.83. The highest BCUT2D eigenvalue weighted by atomic mass is 16.3. The third-order valence-corrected chi connectivity index (χ3v) is 7.54. The maximum atomic E-state index is 12.7. The molecule has 4 aromatic carbocycles. The van der Waals surface area contributed by atoms with E-state index in [1.54, 1.807) is 12.1 Å². The Balaban J connectivity index is 1.54. The molecular weight excluding hydrogens is 512 g/mol. The van der Waals surface area contributed by atoms with Crippen molar-refractivity contribution in [3.63, 3.8) is 0 Å². The molecule has 0 fully saturated rings. The minimum absolute atomic E-state index is 0.113. The van der Waals surface area contributed by atoms with Crippen molar-refractivity contribution in [2.24, 2.45) is 17.4 Å². The minimum Gasteiger partial charge on any atom is -0.399 e. The summed E-state index contributed by atoms with van der Waals surface area (Å²) in [5, 5.41) is 12.4. The van der Waals surface area contributed by atoms with E-state index in [-0.39, 0.29) is 11.1 Å². The first kappa shape index (κ1) is 27.4. The van der Waals surface area contributed by atoms with Gasteiger partial charge in [0.05, 0.1) is 5.92 Å². The Morgan fingerprint density at radius 3 is 1.49 bits per heavy atom. The zero-order valence-corrected chi connectivity index (χ0v) is 22.5. The van der Waals surface area contributed by atoms with Crippen molar-refractivity contribution >= 4 is 28.8 Å². The highest BCUT2D eigenvalue weighted by molar-refractivity contribution is 6.06. The van der Waals surface area contributed by atoms with Gasteiger partial charge in [0, 0.05) is 22.5 Å². The highest BCUT2D eigenvalue weighted by Crippen LogP contribution is 2.47. The van der Waals surface area contributed by atoms with Gasteiger partial charge in [0.15, 0.2) is 0 Å². The summed E-state index contributed by atoms with van der Waals surface area (Å²) < 4.78 is 0. The molecule has 4 aromatic rings. The molecule has 41 heavy (non-hydrogen) atoms. The first-order valence-corrected chi connectivity index (χ1v) is 13.3. The van der Waals surface area contributed by atoms with Gasteiger partial charge in [-0.3, -0.25) is 9.59 Å². The molecule has 2 amide bonds. The van der Waals surface area contributed by atoms with E-state index < -0.39 is 23.3 Å². The number of benzene rings is 4. The smallest absolute Gasteiger partial charge is 0.249 e. The second kappa shape index (κ2) is 11.2. The van der Waals surface area contributed by atoms with Gasteiger partial charge in [-0.15, -0.1) is 0 Å². The van der Waals surface area contributed by atoms with E-state index in [9.17, 15) is 14.7 Å². The molecule has 0 heterocycles. The standard InChI is InChI=1S/C34H32N4O3/c35-27-13-5-23(6-14-27)19-21-1-9-25(10-2-21)31-29(32(37)39)17-18-30(33(38)40)34(31,41)26-11-3-22(4-12-26)20-24-7-15-28(36)16-8-24/h1-18,30,41H,19-20,35-36H2,(H2,37,39)(H2,38,40). The van der Waals surface area contributed by atoms with Crippen molar-refractivity contribution in [2.45, 2.75) is 18.4 Å². The summed E-state index contributed by atoms with van der Waals surface area (Å²) >= 11 is 0. The lowest BCUT2D eigenvalue weighted by Crippen LogP contribution is -2.45. The van der Waals surface area contributed by atoms with Crippen LogP contribution in [0.2, 0.25) is 0 Å². The lowest BCUT2D eigenvalue weighted by atomic mass is 9.68. The molecule has 2 unspecified atom stereocenters. The Bertz CT molecular complexity index is 1640. The zero-order chi connectivity index (χ0) is 29.1. The maximum absolute atomic E-state index is 12.7. The topological polar surface area (TPSA) is 158 Å². The third kappa shape index (κ3) is 5.62. The van der Waals surface area contributed by atoms with Gasteiger partial charge in [-0.25, -0.2) is 0 Å². The van der Waals surface area contributed by atoms with Gasteiger partial charge >= 0.3 is 0 Å². The molecule has 2 atom stereocenters. The monoisotopic (exact) mass is 544 g/mol. The van der Waals surface area contributed by atoms with Crippen LogP contribution in [0.5, 0.6) is 0 Å². The number of nitrogens with two attached hydrogens (primary N) is 4. The lowest BCUT2D eigenvalue weighted by Gasteiger charge is -2.39. The summed E-state index contributed by atoms with van der Waals surface area (Å²) in [6.07, 6.45) is 4.25. The van der Waals surface area contributed by atoms with Gasteiger partial charge in [0.25, 0.3) is 0 Å². The molecule has 1 aliphatic carbocycles. The Hall–Kier alpha value is -5.14. The number of amides is 2. The summed E-state index contributed by atoms with van der Waals surface area (Å²) in [5.41, 5.74) is 28.2. The van der Waals surface area contributed by atoms with Crippen LogP contribution in [0.15, 0.2) is 115 Å². The van der Waals surface area contributed by atoms with Gasteiger partial charge in [0.2, 0.25) is 11.8 Å². The maximum Gasteiger partial charge on any atom is 0.249 e. The number of rotatable bonds is 8. The normalized spacial score (nSPS) is 18.3. The summed E-state index contributed by atoms with van der Waals surface area (Å²) in [6.45, 7) is 0. The second-order valence-electron chi connectivity index (χ2n) is 10.4. The second-order valence-corrected chi connectivity index (χ2v) is 10.4. The van der Waals surface area contributed by atoms with E-state index in [0.717, 1.165) is 22.3 Å². The van der Waals surface area contributed by atoms with Crippen molar-refractivity contribution in [3.8, 4) is 0 Å². The number of carbonyl (C=O) groups excluding carboxylic acids is 2. The average molecular weight is 545 g/mol. The van der Waals surface area contributed by atoms with Crippen LogP contribution >= 0.6 is 0 Å². The van der Waals surface area contributed by atoms with Crippen LogP contribution in [0.1, 0.15) is 33.4 Å². The van der Waals surface area contributed by atoms with E-state index >= 15 is 0 Å². The Labute approximate surface area is 238 Å². The molecule has 0 saturated carbocycles. The molecule has 0 bridgehead atoms. The molecule has 206 valence electrons. The van der Waals surface area contributed by atoms with Crippen LogP contribution in [-0.2, 0) is 28.0 Å². The van der Waals surface area contributed by atoms with Crippen LogP contribution in [0.4, 0.5) is 11.4 Å². The number of aliphatic hydroxyl groups is 1. The average Bonchev–Trinajstić information content (AvgIpc) is 2.96. The van der Waals surface area contributed by atoms with Gasteiger partial charge in [0.1, 0.15) is 5.60 Å². The molecule has 7 heteroatoms. The van der Waals surface area contributed by atoms with Crippen molar-refractivity contribution in [1.82, 2.24) is 0 Å². The van der Waals surface area contributed by atoms with Gasteiger partial charge < -0.3 is 28.0 Å². The molecular formula is C34H32N4O3. The van der Waals surface area contributed by atoms with Crippen LogP contribution < -0.4 is 22.9 Å². The van der Waals surface area contributed by atoms with Gasteiger partial charge in [-0.05, 0) is 70.5 Å². The van der Waals surface area contributed by atoms with E-state index in [1.165, 1.54) is 12.2 Å².